The lowest BCUT2D eigenvalue weighted by atomic mass is 9.67. The molecule has 9 rings (SSSR count). The molecule has 0 aliphatic heterocycles. The largest absolute Gasteiger partial charge is 0.133 e. The summed E-state index contributed by atoms with van der Waals surface area (Å²) in [6, 6.07) is 18.9. The van der Waals surface area contributed by atoms with E-state index in [0.717, 1.165) is 52.9 Å². The monoisotopic (exact) mass is 678 g/mol. The van der Waals surface area contributed by atoms with Crippen molar-refractivity contribution < 1.29 is 0 Å². The highest BCUT2D eigenvalue weighted by Crippen LogP contribution is 2.59. The molecule has 0 radical (unpaired) electrons. The van der Waals surface area contributed by atoms with Crippen LogP contribution in [0.1, 0.15) is 69.7 Å². The number of fused-ring (bicyclic) bond motifs is 8. The molecule has 7 heteroatoms. The van der Waals surface area contributed by atoms with Gasteiger partial charge in [-0.1, -0.05) is 117 Å². The van der Waals surface area contributed by atoms with Crippen molar-refractivity contribution in [3.05, 3.63) is 115 Å². The molecule has 4 aliphatic carbocycles. The van der Waals surface area contributed by atoms with Crippen LogP contribution < -0.4 is 0 Å². The molecular weight excluding hydrogens is 657 g/mol. The molecule has 0 unspecified atom stereocenters. The summed E-state index contributed by atoms with van der Waals surface area (Å²) in [5.74, 6) is 0. The number of rotatable bonds is 2. The van der Waals surface area contributed by atoms with Gasteiger partial charge in [0.1, 0.15) is 0 Å². The maximum Gasteiger partial charge on any atom is 0.0639 e. The van der Waals surface area contributed by atoms with E-state index in [1.165, 1.54) is 66.2 Å². The lowest BCUT2D eigenvalue weighted by Gasteiger charge is -2.36. The Bertz CT molecular complexity index is 2160. The summed E-state index contributed by atoms with van der Waals surface area (Å²) in [5.41, 5.74) is 9.47. The predicted molar refractivity (Wildman–Crippen MR) is 204 cm³/mol. The first-order valence-electron chi connectivity index (χ1n) is 14.5. The van der Waals surface area contributed by atoms with Crippen molar-refractivity contribution in [1.29, 1.82) is 0 Å². The molecule has 1 spiro atoms. The maximum atomic E-state index is 5.97. The Morgan fingerprint density at radius 2 is 1.16 bits per heavy atom. The van der Waals surface area contributed by atoms with Gasteiger partial charge in [-0.15, -0.1) is 34.0 Å². The molecule has 3 aromatic heterocycles. The van der Waals surface area contributed by atoms with Crippen molar-refractivity contribution >= 4 is 133 Å². The van der Waals surface area contributed by atoms with E-state index in [9.17, 15) is 0 Å². The molecule has 43 heavy (non-hydrogen) atoms. The van der Waals surface area contributed by atoms with Crippen LogP contribution in [0.25, 0.3) is 31.0 Å². The lowest BCUT2D eigenvalue weighted by molar-refractivity contribution is 0.353. The summed E-state index contributed by atoms with van der Waals surface area (Å²) in [6.07, 6.45) is 13.2. The van der Waals surface area contributed by atoms with Gasteiger partial charge in [-0.3, -0.25) is 0 Å². The first kappa shape index (κ1) is 27.0. The van der Waals surface area contributed by atoms with Crippen LogP contribution >= 0.6 is 82.9 Å². The fourth-order valence-electron chi connectivity index (χ4n) is 7.44. The summed E-state index contributed by atoms with van der Waals surface area (Å²) in [6.45, 7) is 0. The van der Waals surface area contributed by atoms with E-state index in [2.05, 4.69) is 60.7 Å². The highest BCUT2D eigenvalue weighted by Gasteiger charge is 2.45. The first-order valence-corrected chi connectivity index (χ1v) is 18.5. The Balaban J connectivity index is 1.15. The number of benzene rings is 2. The number of hydrogen-bond donors (Lipinski definition) is 0. The van der Waals surface area contributed by atoms with E-state index in [0.29, 0.717) is 0 Å². The number of allylic oxidation sites excluding steroid dienone is 4. The molecule has 208 valence electrons. The van der Waals surface area contributed by atoms with E-state index in [-0.39, 0.29) is 5.41 Å². The van der Waals surface area contributed by atoms with Crippen molar-refractivity contribution in [2.45, 2.75) is 37.5 Å². The average molecular weight is 679 g/mol. The van der Waals surface area contributed by atoms with E-state index in [1.807, 2.05) is 46.1 Å². The van der Waals surface area contributed by atoms with Gasteiger partial charge in [-0.25, -0.2) is 0 Å². The number of hydrogen-bond acceptors (Lipinski definition) is 7. The van der Waals surface area contributed by atoms with Crippen LogP contribution in [0.3, 0.4) is 0 Å². The van der Waals surface area contributed by atoms with Crippen molar-refractivity contribution in [2.24, 2.45) is 0 Å². The SMILES string of the molecule is S=C1C(=CC2=Cc3sc4c(sc5cc(C=C6C(=S)c7ccccc7C6=S)sc54)c3C23CCCCC3)C(=S)c2ccccc21. The standard InChI is InChI=1S/C36H22S7/c37-29-20-8-2-3-9-21(20)30(38)24(29)14-18-15-26-28(36(18)12-6-1-7-13-36)34-35(42-26)33-27(43-34)17-19(41-33)16-25-31(39)22-10-4-5-11-23(22)32(25)40/h2-5,8-11,14-17H,1,6-7,12-13H2. The van der Waals surface area contributed by atoms with Crippen LogP contribution in [0.2, 0.25) is 0 Å². The second-order valence-corrected chi connectivity index (χ2v) is 16.5. The average Bonchev–Trinajstić information content (AvgIpc) is 3.82. The highest BCUT2D eigenvalue weighted by atomic mass is 32.1. The topological polar surface area (TPSA) is 0 Å². The molecule has 0 saturated heterocycles. The van der Waals surface area contributed by atoms with E-state index in [4.69, 9.17) is 48.9 Å². The van der Waals surface area contributed by atoms with Gasteiger partial charge in [0.2, 0.25) is 0 Å². The summed E-state index contributed by atoms with van der Waals surface area (Å²) in [5, 5.41) is 0. The van der Waals surface area contributed by atoms with Crippen LogP contribution in [0.5, 0.6) is 0 Å². The van der Waals surface area contributed by atoms with Crippen LogP contribution in [-0.2, 0) is 5.41 Å². The molecule has 2 aromatic carbocycles. The van der Waals surface area contributed by atoms with Gasteiger partial charge in [-0.2, -0.15) is 0 Å². The smallest absolute Gasteiger partial charge is 0.0639 e. The lowest BCUT2D eigenvalue weighted by Crippen LogP contribution is -2.28. The zero-order valence-corrected chi connectivity index (χ0v) is 28.5. The van der Waals surface area contributed by atoms with Crippen LogP contribution in [0, 0.1) is 0 Å². The Hall–Kier alpha value is -2.36. The molecule has 0 atom stereocenters. The minimum Gasteiger partial charge on any atom is -0.133 e. The second kappa shape index (κ2) is 9.82. The number of thiophene rings is 3. The minimum absolute atomic E-state index is 0.0462. The Morgan fingerprint density at radius 1 is 0.605 bits per heavy atom. The molecule has 1 saturated carbocycles. The molecule has 1 fully saturated rings. The van der Waals surface area contributed by atoms with E-state index < -0.39 is 0 Å². The fraction of sp³-hybridized carbons (Fsp3) is 0.167. The zero-order chi connectivity index (χ0) is 29.0. The van der Waals surface area contributed by atoms with Gasteiger partial charge in [-0.05, 0) is 48.3 Å². The van der Waals surface area contributed by atoms with Gasteiger partial charge >= 0.3 is 0 Å². The van der Waals surface area contributed by atoms with Crippen molar-refractivity contribution in [3.63, 3.8) is 0 Å². The fourth-order valence-corrected chi connectivity index (χ4v) is 13.3. The zero-order valence-electron chi connectivity index (χ0n) is 22.8. The van der Waals surface area contributed by atoms with Crippen molar-refractivity contribution in [3.8, 4) is 0 Å². The number of thiocarbonyl (C=S) groups is 4. The third-order valence-corrected chi connectivity index (χ3v) is 15.0. The molecule has 0 N–H and O–H groups in total. The van der Waals surface area contributed by atoms with Crippen LogP contribution in [0.4, 0.5) is 0 Å². The molecular formula is C36H22S7. The van der Waals surface area contributed by atoms with Gasteiger partial charge in [0.15, 0.2) is 0 Å². The van der Waals surface area contributed by atoms with Crippen LogP contribution in [0.15, 0.2) is 77.4 Å². The molecule has 5 aromatic rings. The maximum absolute atomic E-state index is 5.97. The second-order valence-electron chi connectivity index (χ2n) is 11.7. The van der Waals surface area contributed by atoms with Crippen LogP contribution in [-0.4, -0.2) is 19.5 Å². The van der Waals surface area contributed by atoms with Gasteiger partial charge in [0.25, 0.3) is 0 Å². The summed E-state index contributed by atoms with van der Waals surface area (Å²) in [4.78, 5) is 6.18. The molecule has 0 bridgehead atoms. The van der Waals surface area contributed by atoms with E-state index in [1.54, 1.807) is 5.56 Å². The quantitative estimate of drug-likeness (QED) is 0.135. The Kier molecular flexibility index (Phi) is 6.16. The normalized spacial score (nSPS) is 18.7. The van der Waals surface area contributed by atoms with Crippen molar-refractivity contribution in [2.75, 3.05) is 0 Å². The summed E-state index contributed by atoms with van der Waals surface area (Å²) >= 11 is 29.4. The summed E-state index contributed by atoms with van der Waals surface area (Å²) < 4.78 is 5.67. The third kappa shape index (κ3) is 3.80. The minimum atomic E-state index is 0.0462. The van der Waals surface area contributed by atoms with Crippen molar-refractivity contribution in [1.82, 2.24) is 0 Å². The van der Waals surface area contributed by atoms with Gasteiger partial charge in [0, 0.05) is 53.3 Å². The van der Waals surface area contributed by atoms with E-state index >= 15 is 0 Å². The third-order valence-electron chi connectivity index (χ3n) is 9.45. The first-order chi connectivity index (χ1) is 20.9. The predicted octanol–water partition coefficient (Wildman–Crippen LogP) is 11.4. The summed E-state index contributed by atoms with van der Waals surface area (Å²) in [7, 11) is 0. The highest BCUT2D eigenvalue weighted by molar-refractivity contribution is 7.84. The Morgan fingerprint density at radius 3 is 1.74 bits per heavy atom. The molecule has 3 heterocycles. The molecule has 0 nitrogen and oxygen atoms in total. The molecule has 0 amide bonds. The molecule has 4 aliphatic rings. The van der Waals surface area contributed by atoms with Gasteiger partial charge < -0.3 is 0 Å². The van der Waals surface area contributed by atoms with Gasteiger partial charge in [0.05, 0.1) is 33.6 Å². The Labute approximate surface area is 283 Å².